The highest BCUT2D eigenvalue weighted by molar-refractivity contribution is 5.83. The van der Waals surface area contributed by atoms with Crippen molar-refractivity contribution in [3.05, 3.63) is 83.9 Å². The van der Waals surface area contributed by atoms with E-state index in [1.807, 2.05) is 24.3 Å². The summed E-state index contributed by atoms with van der Waals surface area (Å²) in [4.78, 5) is 0. The molecular weight excluding hydrogens is 302 g/mol. The largest absolute Gasteiger partial charge is 0.204 e. The minimum atomic E-state index is -0.823. The van der Waals surface area contributed by atoms with Gasteiger partial charge < -0.3 is 0 Å². The first-order valence-corrected chi connectivity index (χ1v) is 8.33. The van der Waals surface area contributed by atoms with Gasteiger partial charge in [0.1, 0.15) is 0 Å². The molecule has 0 atom stereocenters. The van der Waals surface area contributed by atoms with Gasteiger partial charge in [0, 0.05) is 0 Å². The van der Waals surface area contributed by atoms with Gasteiger partial charge in [-0.05, 0) is 52.8 Å². The molecule has 0 saturated heterocycles. The van der Waals surface area contributed by atoms with Gasteiger partial charge in [-0.25, -0.2) is 8.78 Å². The number of hydrogen-bond donors (Lipinski definition) is 0. The summed E-state index contributed by atoms with van der Waals surface area (Å²) < 4.78 is 26.8. The maximum Gasteiger partial charge on any atom is 0.159 e. The third-order valence-corrected chi connectivity index (χ3v) is 4.24. The van der Waals surface area contributed by atoms with Crippen LogP contribution in [0.4, 0.5) is 8.78 Å². The molecule has 0 aromatic heterocycles. The van der Waals surface area contributed by atoms with Crippen LogP contribution >= 0.6 is 0 Å². The molecule has 0 fully saturated rings. The van der Waals surface area contributed by atoms with Crippen molar-refractivity contribution >= 4 is 0 Å². The molecule has 0 aliphatic heterocycles. The fraction of sp³-hybridized carbons (Fsp3) is 0.182. The Bertz CT molecular complexity index is 820. The highest BCUT2D eigenvalue weighted by Gasteiger charge is 2.09. The van der Waals surface area contributed by atoms with Gasteiger partial charge in [0.05, 0.1) is 0 Å². The molecule has 0 N–H and O–H groups in total. The van der Waals surface area contributed by atoms with Gasteiger partial charge in [-0.15, -0.1) is 0 Å². The zero-order valence-corrected chi connectivity index (χ0v) is 13.7. The lowest BCUT2D eigenvalue weighted by Crippen LogP contribution is -1.89. The van der Waals surface area contributed by atoms with Crippen molar-refractivity contribution in [1.82, 2.24) is 0 Å². The summed E-state index contributed by atoms with van der Waals surface area (Å²) in [5.41, 5.74) is 5.00. The van der Waals surface area contributed by atoms with Crippen molar-refractivity contribution in [3.8, 4) is 22.3 Å². The van der Waals surface area contributed by atoms with E-state index in [1.165, 1.54) is 30.5 Å². The number of aryl methyl sites for hydroxylation is 1. The molecule has 0 saturated carbocycles. The SMILES string of the molecule is CCCCc1ccc(-c2ccccc2-c2ccc(F)c(F)c2)cc1. The number of rotatable bonds is 5. The zero-order chi connectivity index (χ0) is 16.9. The van der Waals surface area contributed by atoms with Crippen LogP contribution in [-0.2, 0) is 6.42 Å². The molecule has 0 heterocycles. The van der Waals surface area contributed by atoms with E-state index in [2.05, 4.69) is 31.2 Å². The van der Waals surface area contributed by atoms with E-state index >= 15 is 0 Å². The lowest BCUT2D eigenvalue weighted by Gasteiger charge is -2.11. The van der Waals surface area contributed by atoms with Gasteiger partial charge in [0.2, 0.25) is 0 Å². The lowest BCUT2D eigenvalue weighted by molar-refractivity contribution is 0.509. The maximum absolute atomic E-state index is 13.6. The monoisotopic (exact) mass is 322 g/mol. The zero-order valence-electron chi connectivity index (χ0n) is 13.7. The Morgan fingerprint density at radius 3 is 1.96 bits per heavy atom. The third kappa shape index (κ3) is 3.53. The van der Waals surface area contributed by atoms with Crippen molar-refractivity contribution in [3.63, 3.8) is 0 Å². The maximum atomic E-state index is 13.6. The summed E-state index contributed by atoms with van der Waals surface area (Å²) in [7, 11) is 0. The molecule has 3 aromatic carbocycles. The number of halogens is 2. The highest BCUT2D eigenvalue weighted by atomic mass is 19.2. The van der Waals surface area contributed by atoms with E-state index in [0.717, 1.165) is 23.1 Å². The highest BCUT2D eigenvalue weighted by Crippen LogP contribution is 2.32. The van der Waals surface area contributed by atoms with Gasteiger partial charge in [-0.1, -0.05) is 67.9 Å². The average molecular weight is 322 g/mol. The summed E-state index contributed by atoms with van der Waals surface area (Å²) in [6, 6.07) is 20.4. The molecular formula is C22H20F2. The molecule has 122 valence electrons. The first-order chi connectivity index (χ1) is 11.7. The fourth-order valence-electron chi connectivity index (χ4n) is 2.88. The predicted octanol–water partition coefficient (Wildman–Crippen LogP) is 6.64. The van der Waals surface area contributed by atoms with Crippen molar-refractivity contribution in [2.75, 3.05) is 0 Å². The minimum Gasteiger partial charge on any atom is -0.204 e. The molecule has 2 heteroatoms. The third-order valence-electron chi connectivity index (χ3n) is 4.24. The van der Waals surface area contributed by atoms with E-state index in [9.17, 15) is 8.78 Å². The second-order valence-electron chi connectivity index (χ2n) is 5.97. The fourth-order valence-corrected chi connectivity index (χ4v) is 2.88. The van der Waals surface area contributed by atoms with Gasteiger partial charge in [0.15, 0.2) is 11.6 Å². The molecule has 3 aromatic rings. The predicted molar refractivity (Wildman–Crippen MR) is 95.8 cm³/mol. The van der Waals surface area contributed by atoms with Gasteiger partial charge >= 0.3 is 0 Å². The van der Waals surface area contributed by atoms with Crippen LogP contribution in [0.1, 0.15) is 25.3 Å². The summed E-state index contributed by atoms with van der Waals surface area (Å²) >= 11 is 0. The van der Waals surface area contributed by atoms with Crippen molar-refractivity contribution in [2.24, 2.45) is 0 Å². The van der Waals surface area contributed by atoms with Crippen LogP contribution in [-0.4, -0.2) is 0 Å². The van der Waals surface area contributed by atoms with Crippen molar-refractivity contribution in [1.29, 1.82) is 0 Å². The topological polar surface area (TPSA) is 0 Å². The average Bonchev–Trinajstić information content (AvgIpc) is 2.63. The normalized spacial score (nSPS) is 10.8. The van der Waals surface area contributed by atoms with Crippen LogP contribution < -0.4 is 0 Å². The minimum absolute atomic E-state index is 0.680. The second-order valence-corrected chi connectivity index (χ2v) is 5.97. The standard InChI is InChI=1S/C22H20F2/c1-2-3-6-16-9-11-17(12-10-16)19-7-4-5-8-20(19)18-13-14-21(23)22(24)15-18/h4-5,7-15H,2-3,6H2,1H3. The molecule has 0 aliphatic carbocycles. The number of benzene rings is 3. The van der Waals surface area contributed by atoms with Gasteiger partial charge in [-0.3, -0.25) is 0 Å². The quantitative estimate of drug-likeness (QED) is 0.494. The van der Waals surface area contributed by atoms with E-state index in [4.69, 9.17) is 0 Å². The summed E-state index contributed by atoms with van der Waals surface area (Å²) in [6.45, 7) is 2.19. The Kier molecular flexibility index (Phi) is 5.05. The first kappa shape index (κ1) is 16.4. The first-order valence-electron chi connectivity index (χ1n) is 8.33. The van der Waals surface area contributed by atoms with Gasteiger partial charge in [-0.2, -0.15) is 0 Å². The molecule has 0 amide bonds. The van der Waals surface area contributed by atoms with Crippen molar-refractivity contribution < 1.29 is 8.78 Å². The molecule has 0 bridgehead atoms. The van der Waals surface area contributed by atoms with Crippen LogP contribution in [0.25, 0.3) is 22.3 Å². The summed E-state index contributed by atoms with van der Waals surface area (Å²) in [5.74, 6) is -1.64. The molecule has 3 rings (SSSR count). The molecule has 0 radical (unpaired) electrons. The van der Waals surface area contributed by atoms with Crippen LogP contribution in [0.3, 0.4) is 0 Å². The van der Waals surface area contributed by atoms with Gasteiger partial charge in [0.25, 0.3) is 0 Å². The Balaban J connectivity index is 1.98. The molecule has 0 spiro atoms. The smallest absolute Gasteiger partial charge is 0.159 e. The lowest BCUT2D eigenvalue weighted by atomic mass is 9.93. The van der Waals surface area contributed by atoms with Crippen LogP contribution in [0.15, 0.2) is 66.7 Å². The summed E-state index contributed by atoms with van der Waals surface area (Å²) in [6.07, 6.45) is 3.45. The molecule has 0 unspecified atom stereocenters. The Labute approximate surface area is 141 Å². The molecule has 24 heavy (non-hydrogen) atoms. The Morgan fingerprint density at radius 1 is 0.708 bits per heavy atom. The Morgan fingerprint density at radius 2 is 1.33 bits per heavy atom. The van der Waals surface area contributed by atoms with E-state index in [-0.39, 0.29) is 0 Å². The van der Waals surface area contributed by atoms with Crippen molar-refractivity contribution in [2.45, 2.75) is 26.2 Å². The van der Waals surface area contributed by atoms with E-state index < -0.39 is 11.6 Å². The second kappa shape index (κ2) is 7.39. The van der Waals surface area contributed by atoms with Crippen LogP contribution in [0.2, 0.25) is 0 Å². The number of hydrogen-bond acceptors (Lipinski definition) is 0. The molecule has 0 aliphatic rings. The van der Waals surface area contributed by atoms with E-state index in [0.29, 0.717) is 5.56 Å². The van der Waals surface area contributed by atoms with E-state index in [1.54, 1.807) is 6.07 Å². The Hall–Kier alpha value is -2.48. The number of unbranched alkanes of at least 4 members (excludes halogenated alkanes) is 1. The van der Waals surface area contributed by atoms with Crippen LogP contribution in [0, 0.1) is 11.6 Å². The summed E-state index contributed by atoms with van der Waals surface area (Å²) in [5, 5.41) is 0. The molecule has 0 nitrogen and oxygen atoms in total. The van der Waals surface area contributed by atoms with Crippen LogP contribution in [0.5, 0.6) is 0 Å².